The van der Waals surface area contributed by atoms with Crippen LogP contribution >= 0.6 is 0 Å². The van der Waals surface area contributed by atoms with Crippen molar-refractivity contribution in [1.29, 1.82) is 0 Å². The standard InChI is InChI=1S/C28H32N6O/c1-5-33-26(35)21-16-31-25(14-23(21)34(33)20-8-11-30-24(13-20)27(2,3)4)32-19-6-7-22-18(12-19)15-29-17-28(22)9-10-28/h6-8,11-14,16,29H,5,9-10,15,17H2,1-4H3,(H,31,32). The van der Waals surface area contributed by atoms with Crippen LogP contribution in [-0.4, -0.2) is 25.9 Å². The van der Waals surface area contributed by atoms with Gasteiger partial charge in [-0.3, -0.25) is 9.78 Å². The van der Waals surface area contributed by atoms with Crippen LogP contribution in [0.3, 0.4) is 0 Å². The predicted octanol–water partition coefficient (Wildman–Crippen LogP) is 4.78. The van der Waals surface area contributed by atoms with Gasteiger partial charge in [-0.1, -0.05) is 26.8 Å². The van der Waals surface area contributed by atoms with Crippen molar-refractivity contribution in [2.75, 3.05) is 11.9 Å². The summed E-state index contributed by atoms with van der Waals surface area (Å²) in [5, 5.41) is 7.66. The van der Waals surface area contributed by atoms with E-state index < -0.39 is 0 Å². The van der Waals surface area contributed by atoms with Gasteiger partial charge in [-0.05, 0) is 55.2 Å². The molecule has 1 fully saturated rings. The first-order valence-corrected chi connectivity index (χ1v) is 12.5. The lowest BCUT2D eigenvalue weighted by molar-refractivity contribution is 0.531. The summed E-state index contributed by atoms with van der Waals surface area (Å²) in [6, 6.07) is 12.7. The van der Waals surface area contributed by atoms with Gasteiger partial charge in [0.05, 0.1) is 16.6 Å². The highest BCUT2D eigenvalue weighted by Gasteiger charge is 2.46. The van der Waals surface area contributed by atoms with E-state index in [1.807, 2.05) is 29.9 Å². The topological polar surface area (TPSA) is 76.8 Å². The minimum atomic E-state index is -0.0923. The lowest BCUT2D eigenvalue weighted by Gasteiger charge is -2.26. The molecule has 1 spiro atoms. The van der Waals surface area contributed by atoms with Crippen LogP contribution in [0.5, 0.6) is 0 Å². The van der Waals surface area contributed by atoms with E-state index in [1.54, 1.807) is 10.9 Å². The van der Waals surface area contributed by atoms with Crippen molar-refractivity contribution in [3.05, 3.63) is 76.0 Å². The summed E-state index contributed by atoms with van der Waals surface area (Å²) in [4.78, 5) is 22.4. The van der Waals surface area contributed by atoms with Gasteiger partial charge in [0.15, 0.2) is 0 Å². The Balaban J connectivity index is 1.42. The molecule has 0 unspecified atom stereocenters. The highest BCUT2D eigenvalue weighted by molar-refractivity contribution is 5.83. The van der Waals surface area contributed by atoms with E-state index in [9.17, 15) is 4.79 Å². The minimum Gasteiger partial charge on any atom is -0.340 e. The van der Waals surface area contributed by atoms with Crippen molar-refractivity contribution in [1.82, 2.24) is 24.6 Å². The lowest BCUT2D eigenvalue weighted by atomic mass is 9.88. The molecule has 2 N–H and O–H groups in total. The second-order valence-electron chi connectivity index (χ2n) is 10.9. The molecule has 1 aromatic carbocycles. The molecule has 3 aromatic heterocycles. The van der Waals surface area contributed by atoms with Crippen LogP contribution in [0.15, 0.2) is 53.6 Å². The number of hydrogen-bond donors (Lipinski definition) is 2. The molecular formula is C28H32N6O. The number of anilines is 2. The maximum absolute atomic E-state index is 13.2. The number of rotatable bonds is 4. The normalized spacial score (nSPS) is 16.5. The van der Waals surface area contributed by atoms with Crippen LogP contribution in [0.4, 0.5) is 11.5 Å². The molecule has 2 aliphatic rings. The fourth-order valence-electron chi connectivity index (χ4n) is 5.35. The third-order valence-electron chi connectivity index (χ3n) is 7.45. The zero-order valence-corrected chi connectivity index (χ0v) is 20.9. The van der Waals surface area contributed by atoms with Crippen LogP contribution in [0, 0.1) is 0 Å². The number of pyridine rings is 2. The number of benzene rings is 1. The molecular weight excluding hydrogens is 436 g/mol. The fourth-order valence-corrected chi connectivity index (χ4v) is 5.35. The molecule has 0 amide bonds. The van der Waals surface area contributed by atoms with Crippen molar-refractivity contribution < 1.29 is 0 Å². The molecule has 7 nitrogen and oxygen atoms in total. The van der Waals surface area contributed by atoms with E-state index in [2.05, 4.69) is 65.6 Å². The molecule has 7 heteroatoms. The third-order valence-corrected chi connectivity index (χ3v) is 7.45. The first-order valence-electron chi connectivity index (χ1n) is 12.5. The molecule has 1 aliphatic carbocycles. The number of nitrogens with zero attached hydrogens (tertiary/aromatic N) is 4. The van der Waals surface area contributed by atoms with Gasteiger partial charge in [0.2, 0.25) is 0 Å². The van der Waals surface area contributed by atoms with Crippen LogP contribution in [0.2, 0.25) is 0 Å². The summed E-state index contributed by atoms with van der Waals surface area (Å²) in [6.07, 6.45) is 6.06. The number of fused-ring (bicyclic) bond motifs is 3. The molecule has 1 saturated carbocycles. The Morgan fingerprint density at radius 2 is 1.94 bits per heavy atom. The predicted molar refractivity (Wildman–Crippen MR) is 140 cm³/mol. The Hall–Kier alpha value is -3.45. The molecule has 0 radical (unpaired) electrons. The van der Waals surface area contributed by atoms with E-state index in [4.69, 9.17) is 0 Å². The van der Waals surface area contributed by atoms with Gasteiger partial charge < -0.3 is 10.6 Å². The molecule has 180 valence electrons. The van der Waals surface area contributed by atoms with Crippen molar-refractivity contribution in [2.24, 2.45) is 0 Å². The Labute approximate surface area is 205 Å². The van der Waals surface area contributed by atoms with Crippen LogP contribution in [0.1, 0.15) is 57.4 Å². The van der Waals surface area contributed by atoms with Gasteiger partial charge in [0.1, 0.15) is 5.82 Å². The highest BCUT2D eigenvalue weighted by atomic mass is 16.1. The summed E-state index contributed by atoms with van der Waals surface area (Å²) < 4.78 is 3.76. The summed E-state index contributed by atoms with van der Waals surface area (Å²) in [5.41, 5.74) is 6.83. The zero-order chi connectivity index (χ0) is 24.4. The van der Waals surface area contributed by atoms with Gasteiger partial charge in [0, 0.05) is 60.3 Å². The molecule has 0 saturated heterocycles. The van der Waals surface area contributed by atoms with Gasteiger partial charge in [0.25, 0.3) is 5.56 Å². The van der Waals surface area contributed by atoms with Gasteiger partial charge in [-0.15, -0.1) is 0 Å². The van der Waals surface area contributed by atoms with E-state index in [1.165, 1.54) is 24.0 Å². The largest absolute Gasteiger partial charge is 0.340 e. The molecule has 0 bridgehead atoms. The smallest absolute Gasteiger partial charge is 0.276 e. The summed E-state index contributed by atoms with van der Waals surface area (Å²) in [6.45, 7) is 11.0. The Kier molecular flexibility index (Phi) is 4.90. The second kappa shape index (κ2) is 7.78. The van der Waals surface area contributed by atoms with E-state index in [0.29, 0.717) is 17.3 Å². The Morgan fingerprint density at radius 3 is 2.69 bits per heavy atom. The van der Waals surface area contributed by atoms with Crippen molar-refractivity contribution in [2.45, 2.75) is 64.5 Å². The highest BCUT2D eigenvalue weighted by Crippen LogP contribution is 2.50. The molecule has 35 heavy (non-hydrogen) atoms. The molecule has 6 rings (SSSR count). The maximum Gasteiger partial charge on any atom is 0.276 e. The minimum absolute atomic E-state index is 0.0368. The number of aromatic nitrogens is 4. The SMILES string of the molecule is CCn1c(=O)c2cnc(Nc3ccc4c(c3)CNCC43CC3)cc2n1-c1ccnc(C(C)(C)C)c1. The Bertz CT molecular complexity index is 1500. The van der Waals surface area contributed by atoms with Crippen LogP contribution in [0.25, 0.3) is 16.6 Å². The third kappa shape index (κ3) is 3.65. The maximum atomic E-state index is 13.2. The van der Waals surface area contributed by atoms with Crippen LogP contribution in [-0.2, 0) is 23.9 Å². The molecule has 4 aromatic rings. The second-order valence-corrected chi connectivity index (χ2v) is 10.9. The van der Waals surface area contributed by atoms with Crippen molar-refractivity contribution in [3.8, 4) is 5.69 Å². The fraction of sp³-hybridized carbons (Fsp3) is 0.393. The average molecular weight is 469 g/mol. The molecule has 1 aliphatic heterocycles. The molecule has 0 atom stereocenters. The summed E-state index contributed by atoms with van der Waals surface area (Å²) in [7, 11) is 0. The van der Waals surface area contributed by atoms with Crippen molar-refractivity contribution >= 4 is 22.4 Å². The number of nitrogens with one attached hydrogen (secondary N) is 2. The molecule has 4 heterocycles. The van der Waals surface area contributed by atoms with E-state index >= 15 is 0 Å². The Morgan fingerprint density at radius 1 is 1.11 bits per heavy atom. The van der Waals surface area contributed by atoms with E-state index in [0.717, 1.165) is 41.5 Å². The summed E-state index contributed by atoms with van der Waals surface area (Å²) >= 11 is 0. The van der Waals surface area contributed by atoms with Crippen LogP contribution < -0.4 is 16.2 Å². The monoisotopic (exact) mass is 468 g/mol. The van der Waals surface area contributed by atoms with E-state index in [-0.39, 0.29) is 11.0 Å². The first-order chi connectivity index (χ1) is 16.8. The quantitative estimate of drug-likeness (QED) is 0.451. The number of hydrogen-bond acceptors (Lipinski definition) is 5. The van der Waals surface area contributed by atoms with Gasteiger partial charge >= 0.3 is 0 Å². The van der Waals surface area contributed by atoms with Crippen molar-refractivity contribution in [3.63, 3.8) is 0 Å². The first kappa shape index (κ1) is 22.0. The van der Waals surface area contributed by atoms with Gasteiger partial charge in [-0.25, -0.2) is 14.3 Å². The average Bonchev–Trinajstić information content (AvgIpc) is 3.55. The lowest BCUT2D eigenvalue weighted by Crippen LogP contribution is -2.33. The summed E-state index contributed by atoms with van der Waals surface area (Å²) in [5.74, 6) is 0.717. The zero-order valence-electron chi connectivity index (χ0n) is 20.9. The van der Waals surface area contributed by atoms with Gasteiger partial charge in [-0.2, -0.15) is 0 Å².